The van der Waals surface area contributed by atoms with Crippen LogP contribution in [0, 0.1) is 0 Å². The van der Waals surface area contributed by atoms with Gasteiger partial charge in [-0.3, -0.25) is 0 Å². The van der Waals surface area contributed by atoms with Crippen LogP contribution in [0.15, 0.2) is 53.4 Å². The van der Waals surface area contributed by atoms with Crippen molar-refractivity contribution in [3.05, 3.63) is 59.1 Å². The molecule has 2 aromatic carbocycles. The van der Waals surface area contributed by atoms with Crippen LogP contribution in [0.3, 0.4) is 0 Å². The van der Waals surface area contributed by atoms with Gasteiger partial charge in [-0.05, 0) is 42.5 Å². The SMILES string of the molecule is COC(=O)c1cc(NC(=S)NCCSc2ccccc2)ccc1Cl. The third-order valence-electron chi connectivity index (χ3n) is 3.03. The van der Waals surface area contributed by atoms with Crippen molar-refractivity contribution in [1.82, 2.24) is 5.32 Å². The number of thiocarbonyl (C=S) groups is 1. The van der Waals surface area contributed by atoms with Crippen LogP contribution in [0.25, 0.3) is 0 Å². The Balaban J connectivity index is 1.81. The van der Waals surface area contributed by atoms with Gasteiger partial charge >= 0.3 is 5.97 Å². The zero-order valence-corrected chi connectivity index (χ0v) is 15.4. The third kappa shape index (κ3) is 5.70. The number of carbonyl (C=O) groups excluding carboxylic acids is 1. The fourth-order valence-corrected chi connectivity index (χ4v) is 3.10. The smallest absolute Gasteiger partial charge is 0.339 e. The molecule has 0 saturated carbocycles. The molecule has 4 nitrogen and oxygen atoms in total. The van der Waals surface area contributed by atoms with Crippen molar-refractivity contribution < 1.29 is 9.53 Å². The predicted molar refractivity (Wildman–Crippen MR) is 104 cm³/mol. The first-order chi connectivity index (χ1) is 11.6. The highest BCUT2D eigenvalue weighted by Gasteiger charge is 2.11. The maximum atomic E-state index is 11.6. The Morgan fingerprint density at radius 2 is 2.00 bits per heavy atom. The van der Waals surface area contributed by atoms with Crippen LogP contribution >= 0.6 is 35.6 Å². The number of hydrogen-bond acceptors (Lipinski definition) is 4. The Kier molecular flexibility index (Phi) is 7.36. The number of ether oxygens (including phenoxy) is 1. The largest absolute Gasteiger partial charge is 0.465 e. The van der Waals surface area contributed by atoms with Crippen molar-refractivity contribution in [2.75, 3.05) is 24.7 Å². The average Bonchev–Trinajstić information content (AvgIpc) is 2.60. The van der Waals surface area contributed by atoms with Gasteiger partial charge in [-0.15, -0.1) is 11.8 Å². The van der Waals surface area contributed by atoms with Crippen LogP contribution in [0.4, 0.5) is 5.69 Å². The molecule has 0 heterocycles. The lowest BCUT2D eigenvalue weighted by Crippen LogP contribution is -2.30. The van der Waals surface area contributed by atoms with E-state index < -0.39 is 5.97 Å². The van der Waals surface area contributed by atoms with E-state index in [4.69, 9.17) is 28.6 Å². The summed E-state index contributed by atoms with van der Waals surface area (Å²) < 4.78 is 4.70. The van der Waals surface area contributed by atoms with Crippen molar-refractivity contribution in [2.24, 2.45) is 0 Å². The number of anilines is 1. The molecule has 0 spiro atoms. The highest BCUT2D eigenvalue weighted by Crippen LogP contribution is 2.21. The third-order valence-corrected chi connectivity index (χ3v) is 4.62. The van der Waals surface area contributed by atoms with Gasteiger partial charge in [-0.2, -0.15) is 0 Å². The first kappa shape index (κ1) is 18.6. The highest BCUT2D eigenvalue weighted by atomic mass is 35.5. The van der Waals surface area contributed by atoms with Gasteiger partial charge in [0.1, 0.15) is 0 Å². The van der Waals surface area contributed by atoms with Gasteiger partial charge in [0, 0.05) is 22.9 Å². The van der Waals surface area contributed by atoms with Gasteiger partial charge in [0.25, 0.3) is 0 Å². The summed E-state index contributed by atoms with van der Waals surface area (Å²) in [6.07, 6.45) is 0. The minimum atomic E-state index is -0.484. The molecular weight excluding hydrogens is 364 g/mol. The maximum absolute atomic E-state index is 11.6. The molecule has 0 saturated heterocycles. The molecule has 2 aromatic rings. The van der Waals surface area contributed by atoms with Crippen LogP contribution in [0.1, 0.15) is 10.4 Å². The summed E-state index contributed by atoms with van der Waals surface area (Å²) in [6, 6.07) is 15.2. The minimum Gasteiger partial charge on any atom is -0.465 e. The normalized spacial score (nSPS) is 10.1. The van der Waals surface area contributed by atoms with Gasteiger partial charge in [0.15, 0.2) is 5.11 Å². The molecule has 0 unspecified atom stereocenters. The van der Waals surface area contributed by atoms with Gasteiger partial charge < -0.3 is 15.4 Å². The van der Waals surface area contributed by atoms with Gasteiger partial charge in [0.2, 0.25) is 0 Å². The molecule has 126 valence electrons. The fourth-order valence-electron chi connectivity index (χ4n) is 1.89. The summed E-state index contributed by atoms with van der Waals surface area (Å²) in [5.41, 5.74) is 0.972. The van der Waals surface area contributed by atoms with Crippen LogP contribution in [0.2, 0.25) is 5.02 Å². The molecule has 0 atom stereocenters. The lowest BCUT2D eigenvalue weighted by molar-refractivity contribution is 0.0601. The second-order valence-corrected chi connectivity index (χ2v) is 6.71. The number of halogens is 1. The number of carbonyl (C=O) groups is 1. The number of nitrogens with one attached hydrogen (secondary N) is 2. The van der Waals surface area contributed by atoms with Crippen LogP contribution in [-0.4, -0.2) is 30.5 Å². The minimum absolute atomic E-state index is 0.298. The quantitative estimate of drug-likeness (QED) is 0.339. The van der Waals surface area contributed by atoms with E-state index in [0.29, 0.717) is 21.4 Å². The Morgan fingerprint density at radius 1 is 1.25 bits per heavy atom. The highest BCUT2D eigenvalue weighted by molar-refractivity contribution is 7.99. The standard InChI is InChI=1S/C17H17ClN2O2S2/c1-22-16(21)14-11-12(7-8-15(14)18)20-17(23)19-9-10-24-13-5-3-2-4-6-13/h2-8,11H,9-10H2,1H3,(H2,19,20,23). The lowest BCUT2D eigenvalue weighted by atomic mass is 10.2. The zero-order chi connectivity index (χ0) is 17.4. The van der Waals surface area contributed by atoms with E-state index in [1.54, 1.807) is 30.0 Å². The van der Waals surface area contributed by atoms with E-state index in [0.717, 1.165) is 12.3 Å². The van der Waals surface area contributed by atoms with E-state index in [-0.39, 0.29) is 0 Å². The summed E-state index contributed by atoms with van der Waals surface area (Å²) in [5.74, 6) is 0.404. The molecule has 2 rings (SSSR count). The maximum Gasteiger partial charge on any atom is 0.339 e. The first-order valence-corrected chi connectivity index (χ1v) is 8.98. The van der Waals surface area contributed by atoms with E-state index in [2.05, 4.69) is 22.8 Å². The Bertz CT molecular complexity index is 711. The second-order valence-electron chi connectivity index (χ2n) is 4.73. The number of methoxy groups -OCH3 is 1. The molecule has 0 fully saturated rings. The summed E-state index contributed by atoms with van der Waals surface area (Å²) in [6.45, 7) is 0.725. The van der Waals surface area contributed by atoms with Crippen molar-refractivity contribution >= 4 is 52.3 Å². The molecule has 0 amide bonds. The van der Waals surface area contributed by atoms with E-state index in [1.807, 2.05) is 18.2 Å². The molecule has 0 aliphatic rings. The van der Waals surface area contributed by atoms with Crippen molar-refractivity contribution in [3.8, 4) is 0 Å². The van der Waals surface area contributed by atoms with E-state index in [9.17, 15) is 4.79 Å². The lowest BCUT2D eigenvalue weighted by Gasteiger charge is -2.12. The number of benzene rings is 2. The average molecular weight is 381 g/mol. The summed E-state index contributed by atoms with van der Waals surface area (Å²) in [4.78, 5) is 12.9. The van der Waals surface area contributed by atoms with Crippen molar-refractivity contribution in [2.45, 2.75) is 4.90 Å². The topological polar surface area (TPSA) is 50.4 Å². The molecule has 7 heteroatoms. The Labute approximate surface area is 155 Å². The second kappa shape index (κ2) is 9.52. The number of esters is 1. The molecule has 24 heavy (non-hydrogen) atoms. The van der Waals surface area contributed by atoms with Crippen LogP contribution < -0.4 is 10.6 Å². The Morgan fingerprint density at radius 3 is 2.71 bits per heavy atom. The Hall–Kier alpha value is -1.76. The van der Waals surface area contributed by atoms with Gasteiger partial charge in [0.05, 0.1) is 17.7 Å². The van der Waals surface area contributed by atoms with E-state index >= 15 is 0 Å². The zero-order valence-electron chi connectivity index (χ0n) is 13.0. The molecule has 0 aromatic heterocycles. The molecule has 0 radical (unpaired) electrons. The number of hydrogen-bond donors (Lipinski definition) is 2. The summed E-state index contributed by atoms with van der Waals surface area (Å²) >= 11 is 13.0. The van der Waals surface area contributed by atoms with Crippen LogP contribution in [-0.2, 0) is 4.74 Å². The van der Waals surface area contributed by atoms with Crippen LogP contribution in [0.5, 0.6) is 0 Å². The predicted octanol–water partition coefficient (Wildman–Crippen LogP) is 4.21. The summed E-state index contributed by atoms with van der Waals surface area (Å²) in [7, 11) is 1.31. The van der Waals surface area contributed by atoms with Gasteiger partial charge in [-0.1, -0.05) is 29.8 Å². The first-order valence-electron chi connectivity index (χ1n) is 7.20. The van der Waals surface area contributed by atoms with E-state index in [1.165, 1.54) is 12.0 Å². The van der Waals surface area contributed by atoms with Gasteiger partial charge in [-0.25, -0.2) is 4.79 Å². The molecule has 2 N–H and O–H groups in total. The monoisotopic (exact) mass is 380 g/mol. The number of rotatable bonds is 6. The molecule has 0 aliphatic carbocycles. The number of thioether (sulfide) groups is 1. The molecule has 0 bridgehead atoms. The van der Waals surface area contributed by atoms with Crippen molar-refractivity contribution in [1.29, 1.82) is 0 Å². The molecule has 0 aliphatic heterocycles. The van der Waals surface area contributed by atoms with Crippen molar-refractivity contribution in [3.63, 3.8) is 0 Å². The molecular formula is C17H17ClN2O2S2. The fraction of sp³-hybridized carbons (Fsp3) is 0.176. The summed E-state index contributed by atoms with van der Waals surface area (Å²) in [5, 5.41) is 6.99.